The minimum Gasteiger partial charge on any atom is -0.494 e. The number of aromatic hydroxyl groups is 1. The van der Waals surface area contributed by atoms with E-state index in [4.69, 9.17) is 0 Å². The average molecular weight is 349 g/mol. The van der Waals surface area contributed by atoms with Crippen LogP contribution in [0.15, 0.2) is 58.1 Å². The van der Waals surface area contributed by atoms with Crippen molar-refractivity contribution in [3.05, 3.63) is 91.6 Å². The minimum absolute atomic E-state index is 0.151. The molecule has 3 aromatic rings. The summed E-state index contributed by atoms with van der Waals surface area (Å²) < 4.78 is 1.14. The Morgan fingerprint density at radius 3 is 2.73 bits per heavy atom. The lowest BCUT2D eigenvalue weighted by molar-refractivity contribution is 0.410. The molecule has 132 valence electrons. The van der Waals surface area contributed by atoms with E-state index in [-0.39, 0.29) is 11.4 Å². The third-order valence-corrected chi connectivity index (χ3v) is 4.78. The highest BCUT2D eigenvalue weighted by atomic mass is 16.3. The van der Waals surface area contributed by atoms with Gasteiger partial charge in [-0.1, -0.05) is 36.4 Å². The summed E-state index contributed by atoms with van der Waals surface area (Å²) in [7, 11) is 0. The van der Waals surface area contributed by atoms with Crippen LogP contribution in [0.1, 0.15) is 28.3 Å². The average Bonchev–Trinajstić information content (AvgIpc) is 2.61. The minimum atomic E-state index is -0.661. The van der Waals surface area contributed by atoms with Gasteiger partial charge >= 0.3 is 5.69 Å². The first-order valence-corrected chi connectivity index (χ1v) is 8.52. The molecule has 3 N–H and O–H groups in total. The maximum Gasteiger partial charge on any atom is 0.335 e. The van der Waals surface area contributed by atoms with Gasteiger partial charge in [0.15, 0.2) is 0 Å². The zero-order valence-electron chi connectivity index (χ0n) is 14.3. The van der Waals surface area contributed by atoms with Crippen LogP contribution < -0.4 is 16.6 Å². The molecular formula is C20H19N3O3. The van der Waals surface area contributed by atoms with Crippen molar-refractivity contribution in [3.8, 4) is 11.6 Å². The lowest BCUT2D eigenvalue weighted by Gasteiger charge is -2.27. The molecule has 2 aromatic carbocycles. The van der Waals surface area contributed by atoms with Gasteiger partial charge in [0.2, 0.25) is 5.88 Å². The van der Waals surface area contributed by atoms with Gasteiger partial charge in [-0.25, -0.2) is 9.36 Å². The number of benzene rings is 2. The number of nitrogens with one attached hydrogen (secondary N) is 2. The van der Waals surface area contributed by atoms with Crippen LogP contribution in [0.5, 0.6) is 5.88 Å². The molecule has 2 heterocycles. The molecule has 1 atom stereocenters. The quantitative estimate of drug-likeness (QED) is 0.658. The first-order valence-electron chi connectivity index (χ1n) is 8.52. The Labute approximate surface area is 149 Å². The van der Waals surface area contributed by atoms with Crippen molar-refractivity contribution in [2.45, 2.75) is 19.4 Å². The number of fused-ring (bicyclic) bond motifs is 1. The van der Waals surface area contributed by atoms with E-state index in [1.807, 2.05) is 37.3 Å². The van der Waals surface area contributed by atoms with E-state index in [1.54, 1.807) is 18.2 Å². The molecule has 0 radical (unpaired) electrons. The van der Waals surface area contributed by atoms with Gasteiger partial charge in [-0.3, -0.25) is 9.78 Å². The molecule has 0 fully saturated rings. The van der Waals surface area contributed by atoms with E-state index >= 15 is 0 Å². The predicted molar refractivity (Wildman–Crippen MR) is 99.1 cm³/mol. The number of hydrogen-bond donors (Lipinski definition) is 3. The lowest BCUT2D eigenvalue weighted by atomic mass is 9.90. The summed E-state index contributed by atoms with van der Waals surface area (Å²) in [5.41, 5.74) is 2.43. The van der Waals surface area contributed by atoms with Crippen LogP contribution in [0.3, 0.4) is 0 Å². The fourth-order valence-electron chi connectivity index (χ4n) is 3.57. The molecule has 1 aliphatic heterocycles. The second kappa shape index (κ2) is 6.31. The third kappa shape index (κ3) is 2.64. The number of aryl methyl sites for hydroxylation is 1. The number of aromatic amines is 1. The molecule has 26 heavy (non-hydrogen) atoms. The molecule has 0 spiro atoms. The molecular weight excluding hydrogens is 330 g/mol. The Balaban J connectivity index is 1.96. The zero-order valence-corrected chi connectivity index (χ0v) is 14.3. The molecule has 6 nitrogen and oxygen atoms in total. The molecule has 0 bridgehead atoms. The van der Waals surface area contributed by atoms with Crippen LogP contribution in [0.25, 0.3) is 5.69 Å². The van der Waals surface area contributed by atoms with Crippen LogP contribution >= 0.6 is 0 Å². The summed E-state index contributed by atoms with van der Waals surface area (Å²) in [6.45, 7) is 2.58. The van der Waals surface area contributed by atoms with Crippen LogP contribution in [-0.2, 0) is 6.42 Å². The fourth-order valence-corrected chi connectivity index (χ4v) is 3.57. The highest BCUT2D eigenvalue weighted by Gasteiger charge is 2.28. The van der Waals surface area contributed by atoms with Gasteiger partial charge in [-0.05, 0) is 42.2 Å². The van der Waals surface area contributed by atoms with Gasteiger partial charge in [0.25, 0.3) is 5.56 Å². The van der Waals surface area contributed by atoms with Crippen molar-refractivity contribution >= 4 is 0 Å². The molecule has 4 rings (SSSR count). The summed E-state index contributed by atoms with van der Waals surface area (Å²) in [4.78, 5) is 27.3. The van der Waals surface area contributed by atoms with E-state index in [9.17, 15) is 14.7 Å². The normalized spacial score (nSPS) is 16.3. The van der Waals surface area contributed by atoms with Gasteiger partial charge in [0.05, 0.1) is 17.3 Å². The summed E-state index contributed by atoms with van der Waals surface area (Å²) in [5.74, 6) is -0.335. The van der Waals surface area contributed by atoms with E-state index in [2.05, 4.69) is 10.3 Å². The summed E-state index contributed by atoms with van der Waals surface area (Å²) >= 11 is 0. The van der Waals surface area contributed by atoms with E-state index < -0.39 is 17.3 Å². The second-order valence-corrected chi connectivity index (χ2v) is 6.51. The van der Waals surface area contributed by atoms with Crippen molar-refractivity contribution in [1.82, 2.24) is 14.9 Å². The van der Waals surface area contributed by atoms with Crippen molar-refractivity contribution in [2.24, 2.45) is 0 Å². The Morgan fingerprint density at radius 1 is 1.12 bits per heavy atom. The van der Waals surface area contributed by atoms with Gasteiger partial charge < -0.3 is 10.4 Å². The predicted octanol–water partition coefficient (Wildman–Crippen LogP) is 1.77. The van der Waals surface area contributed by atoms with E-state index in [0.29, 0.717) is 12.2 Å². The van der Waals surface area contributed by atoms with Crippen molar-refractivity contribution in [1.29, 1.82) is 0 Å². The van der Waals surface area contributed by atoms with Crippen LogP contribution in [0, 0.1) is 6.92 Å². The van der Waals surface area contributed by atoms with Gasteiger partial charge in [-0.15, -0.1) is 0 Å². The molecule has 1 aliphatic rings. The number of H-pyrrole nitrogens is 1. The van der Waals surface area contributed by atoms with Gasteiger partial charge in [-0.2, -0.15) is 0 Å². The Hall–Kier alpha value is -3.12. The highest BCUT2D eigenvalue weighted by molar-refractivity contribution is 5.45. The number of rotatable bonds is 2. The summed E-state index contributed by atoms with van der Waals surface area (Å²) in [6, 6.07) is 14.6. The van der Waals surface area contributed by atoms with Crippen LogP contribution in [0.4, 0.5) is 0 Å². The second-order valence-electron chi connectivity index (χ2n) is 6.51. The molecule has 0 aliphatic carbocycles. The molecule has 0 unspecified atom stereocenters. The maximum absolute atomic E-state index is 12.6. The molecule has 0 saturated heterocycles. The standard InChI is InChI=1S/C20H19N3O3/c1-12-5-4-7-14(11-12)23-19(25)16(18(24)22-20(23)26)17-15-8-3-2-6-13(15)9-10-21-17/h2-8,11,17,21,25H,9-10H2,1H3,(H,22,24,26)/t17-/m0/s1. The van der Waals surface area contributed by atoms with Gasteiger partial charge in [0.1, 0.15) is 0 Å². The van der Waals surface area contributed by atoms with Gasteiger partial charge in [0, 0.05) is 6.54 Å². The topological polar surface area (TPSA) is 87.1 Å². The van der Waals surface area contributed by atoms with E-state index in [1.165, 1.54) is 0 Å². The highest BCUT2D eigenvalue weighted by Crippen LogP contribution is 2.31. The molecule has 0 saturated carbocycles. The zero-order chi connectivity index (χ0) is 18.3. The first-order chi connectivity index (χ1) is 12.6. The van der Waals surface area contributed by atoms with Crippen molar-refractivity contribution in [2.75, 3.05) is 6.54 Å². The Bertz CT molecular complexity index is 1100. The van der Waals surface area contributed by atoms with Crippen LogP contribution in [-0.4, -0.2) is 21.2 Å². The SMILES string of the molecule is Cc1cccc(-n2c(O)c([C@H]3NCCc4ccccc43)c(=O)[nH]c2=O)c1. The largest absolute Gasteiger partial charge is 0.494 e. The Morgan fingerprint density at radius 2 is 1.92 bits per heavy atom. The number of hydrogen-bond acceptors (Lipinski definition) is 4. The van der Waals surface area contributed by atoms with Crippen molar-refractivity contribution in [3.63, 3.8) is 0 Å². The summed E-state index contributed by atoms with van der Waals surface area (Å²) in [5, 5.41) is 14.2. The molecule has 0 amide bonds. The van der Waals surface area contributed by atoms with Crippen LogP contribution in [0.2, 0.25) is 0 Å². The molecule has 6 heteroatoms. The molecule has 1 aromatic heterocycles. The van der Waals surface area contributed by atoms with Crippen molar-refractivity contribution < 1.29 is 5.11 Å². The third-order valence-electron chi connectivity index (χ3n) is 4.78. The Kier molecular flexibility index (Phi) is 3.97. The lowest BCUT2D eigenvalue weighted by Crippen LogP contribution is -2.38. The number of nitrogens with zero attached hydrogens (tertiary/aromatic N) is 1. The first kappa shape index (κ1) is 16.4. The number of aromatic nitrogens is 2. The maximum atomic E-state index is 12.6. The summed E-state index contributed by atoms with van der Waals surface area (Å²) in [6.07, 6.45) is 0.850. The van der Waals surface area contributed by atoms with E-state index in [0.717, 1.165) is 27.7 Å². The monoisotopic (exact) mass is 349 g/mol. The smallest absolute Gasteiger partial charge is 0.335 e. The fraction of sp³-hybridized carbons (Fsp3) is 0.200.